The summed E-state index contributed by atoms with van der Waals surface area (Å²) in [5.41, 5.74) is 1.25. The van der Waals surface area contributed by atoms with Gasteiger partial charge in [-0.05, 0) is 30.2 Å². The average molecular weight is 386 g/mol. The van der Waals surface area contributed by atoms with Crippen molar-refractivity contribution in [3.63, 3.8) is 0 Å². The number of benzene rings is 1. The molecule has 0 atom stereocenters. The third kappa shape index (κ3) is 6.79. The number of rotatable bonds is 11. The summed E-state index contributed by atoms with van der Waals surface area (Å²) in [6, 6.07) is 7.88. The molecule has 2 rings (SSSR count). The monoisotopic (exact) mass is 386 g/mol. The van der Waals surface area contributed by atoms with E-state index in [1.54, 1.807) is 31.4 Å². The lowest BCUT2D eigenvalue weighted by molar-refractivity contribution is -0.384. The number of carbonyl (C=O) groups is 3. The van der Waals surface area contributed by atoms with Gasteiger partial charge in [-0.25, -0.2) is 0 Å². The molecule has 0 radical (unpaired) electrons. The largest absolute Gasteiger partial charge is 0.469 e. The molecule has 1 aromatic carbocycles. The number of carbonyl (C=O) groups excluding carboxylic acids is 3. The third-order valence-corrected chi connectivity index (χ3v) is 4.28. The predicted octanol–water partition coefficient (Wildman–Crippen LogP) is 2.71. The molecule has 1 N–H and O–H groups in total. The van der Waals surface area contributed by atoms with Crippen molar-refractivity contribution in [1.82, 2.24) is 5.32 Å². The van der Waals surface area contributed by atoms with Gasteiger partial charge in [0.2, 0.25) is 5.91 Å². The normalized spacial score (nSPS) is 10.5. The molecule has 8 heteroatoms. The van der Waals surface area contributed by atoms with Crippen molar-refractivity contribution in [2.45, 2.75) is 39.0 Å². The number of ketones is 2. The van der Waals surface area contributed by atoms with Crippen LogP contribution >= 0.6 is 0 Å². The van der Waals surface area contributed by atoms with E-state index in [2.05, 4.69) is 5.32 Å². The number of non-ortho nitro benzene ring substituents is 1. The Bertz CT molecular complexity index is 858. The molecule has 0 fully saturated rings. The van der Waals surface area contributed by atoms with E-state index in [0.717, 1.165) is 11.3 Å². The van der Waals surface area contributed by atoms with Gasteiger partial charge >= 0.3 is 0 Å². The molecule has 0 bridgehead atoms. The zero-order valence-corrected chi connectivity index (χ0v) is 15.6. The molecule has 148 valence electrons. The number of hydrogen-bond acceptors (Lipinski definition) is 6. The molecular weight excluding hydrogens is 364 g/mol. The smallest absolute Gasteiger partial charge is 0.269 e. The van der Waals surface area contributed by atoms with Crippen LogP contribution in [0.5, 0.6) is 0 Å². The zero-order valence-electron chi connectivity index (χ0n) is 15.6. The van der Waals surface area contributed by atoms with Crippen LogP contribution in [0.15, 0.2) is 41.0 Å². The van der Waals surface area contributed by atoms with Crippen LogP contribution in [0.2, 0.25) is 0 Å². The van der Waals surface area contributed by atoms with Gasteiger partial charge in [0.25, 0.3) is 5.69 Å². The lowest BCUT2D eigenvalue weighted by atomic mass is 10.0. The standard InChI is InChI=1S/C20H22N2O6/c1-14-4-5-16(22(26)27)11-15(14)12-18(24)13-21-20(25)9-7-17(23)6-8-19-3-2-10-28-19/h2-5,10-11H,6-9,12-13H2,1H3,(H,21,25). The average Bonchev–Trinajstić information content (AvgIpc) is 3.18. The van der Waals surface area contributed by atoms with E-state index in [0.29, 0.717) is 18.4 Å². The van der Waals surface area contributed by atoms with E-state index in [9.17, 15) is 24.5 Å². The third-order valence-electron chi connectivity index (χ3n) is 4.28. The quantitative estimate of drug-likeness (QED) is 0.468. The first kappa shape index (κ1) is 21.0. The molecule has 28 heavy (non-hydrogen) atoms. The molecule has 2 aromatic rings. The van der Waals surface area contributed by atoms with Crippen molar-refractivity contribution in [3.05, 3.63) is 63.6 Å². The summed E-state index contributed by atoms with van der Waals surface area (Å²) in [5, 5.41) is 13.3. The van der Waals surface area contributed by atoms with E-state index in [1.807, 2.05) is 0 Å². The Hall–Kier alpha value is -3.29. The highest BCUT2D eigenvalue weighted by atomic mass is 16.6. The molecule has 0 saturated heterocycles. The van der Waals surface area contributed by atoms with Gasteiger partial charge in [-0.2, -0.15) is 0 Å². The summed E-state index contributed by atoms with van der Waals surface area (Å²) in [4.78, 5) is 46.0. The van der Waals surface area contributed by atoms with Crippen molar-refractivity contribution in [3.8, 4) is 0 Å². The number of nitrogens with zero attached hydrogens (tertiary/aromatic N) is 1. The second-order valence-corrected chi connectivity index (χ2v) is 6.48. The number of amides is 1. The maximum absolute atomic E-state index is 12.1. The Kier molecular flexibility index (Phi) is 7.62. The van der Waals surface area contributed by atoms with E-state index in [4.69, 9.17) is 4.42 Å². The first-order chi connectivity index (χ1) is 13.3. The van der Waals surface area contributed by atoms with Crippen LogP contribution in [-0.4, -0.2) is 28.9 Å². The number of furan rings is 1. The molecule has 0 aliphatic carbocycles. The molecule has 0 saturated carbocycles. The van der Waals surface area contributed by atoms with Crippen molar-refractivity contribution in [1.29, 1.82) is 0 Å². The van der Waals surface area contributed by atoms with E-state index < -0.39 is 4.92 Å². The first-order valence-corrected chi connectivity index (χ1v) is 8.91. The number of nitro groups is 1. The molecule has 0 aliphatic rings. The van der Waals surface area contributed by atoms with Crippen LogP contribution in [0.3, 0.4) is 0 Å². The SMILES string of the molecule is Cc1ccc([N+](=O)[O-])cc1CC(=O)CNC(=O)CCC(=O)CCc1ccco1. The number of hydrogen-bond donors (Lipinski definition) is 1. The second-order valence-electron chi connectivity index (χ2n) is 6.48. The van der Waals surface area contributed by atoms with Gasteiger partial charge in [0, 0.05) is 44.2 Å². The Morgan fingerprint density at radius 2 is 1.89 bits per heavy atom. The van der Waals surface area contributed by atoms with Gasteiger partial charge in [0.1, 0.15) is 11.5 Å². The van der Waals surface area contributed by atoms with Crippen LogP contribution < -0.4 is 5.32 Å². The van der Waals surface area contributed by atoms with Crippen LogP contribution in [-0.2, 0) is 27.2 Å². The Labute approximate surface area is 162 Å². The van der Waals surface area contributed by atoms with Gasteiger partial charge in [-0.1, -0.05) is 6.07 Å². The highest BCUT2D eigenvalue weighted by molar-refractivity contribution is 5.89. The fourth-order valence-electron chi connectivity index (χ4n) is 2.62. The lowest BCUT2D eigenvalue weighted by Crippen LogP contribution is -2.30. The van der Waals surface area contributed by atoms with Gasteiger partial charge < -0.3 is 9.73 Å². The molecule has 0 spiro atoms. The number of nitrogens with one attached hydrogen (secondary N) is 1. The molecule has 1 amide bonds. The fourth-order valence-corrected chi connectivity index (χ4v) is 2.62. The zero-order chi connectivity index (χ0) is 20.5. The molecular formula is C20H22N2O6. The van der Waals surface area contributed by atoms with Crippen molar-refractivity contribution in [2.24, 2.45) is 0 Å². The van der Waals surface area contributed by atoms with Gasteiger partial charge in [0.05, 0.1) is 17.7 Å². The minimum absolute atomic E-state index is 0.00410. The highest BCUT2D eigenvalue weighted by Gasteiger charge is 2.13. The first-order valence-electron chi connectivity index (χ1n) is 8.91. The maximum Gasteiger partial charge on any atom is 0.269 e. The van der Waals surface area contributed by atoms with Crippen molar-refractivity contribution < 1.29 is 23.7 Å². The fraction of sp³-hybridized carbons (Fsp3) is 0.350. The minimum Gasteiger partial charge on any atom is -0.469 e. The second kappa shape index (κ2) is 10.1. The minimum atomic E-state index is -0.516. The summed E-state index contributed by atoms with van der Waals surface area (Å²) in [6.07, 6.45) is 2.44. The van der Waals surface area contributed by atoms with E-state index >= 15 is 0 Å². The van der Waals surface area contributed by atoms with Crippen molar-refractivity contribution >= 4 is 23.2 Å². The van der Waals surface area contributed by atoms with Gasteiger partial charge in [-0.3, -0.25) is 24.5 Å². The van der Waals surface area contributed by atoms with E-state index in [-0.39, 0.29) is 49.0 Å². The Morgan fingerprint density at radius 3 is 2.57 bits per heavy atom. The number of aryl methyl sites for hydroxylation is 2. The highest BCUT2D eigenvalue weighted by Crippen LogP contribution is 2.18. The summed E-state index contributed by atoms with van der Waals surface area (Å²) >= 11 is 0. The van der Waals surface area contributed by atoms with Crippen molar-refractivity contribution in [2.75, 3.05) is 6.54 Å². The molecule has 1 heterocycles. The predicted molar refractivity (Wildman–Crippen MR) is 101 cm³/mol. The van der Waals surface area contributed by atoms with E-state index in [1.165, 1.54) is 12.1 Å². The molecule has 8 nitrogen and oxygen atoms in total. The van der Waals surface area contributed by atoms with Crippen LogP contribution in [0, 0.1) is 17.0 Å². The Balaban J connectivity index is 1.70. The lowest BCUT2D eigenvalue weighted by Gasteiger charge is -2.07. The summed E-state index contributed by atoms with van der Waals surface area (Å²) in [7, 11) is 0. The molecule has 0 unspecified atom stereocenters. The molecule has 0 aliphatic heterocycles. The van der Waals surface area contributed by atoms with Crippen LogP contribution in [0.25, 0.3) is 0 Å². The van der Waals surface area contributed by atoms with Gasteiger partial charge in [0.15, 0.2) is 5.78 Å². The number of Topliss-reactive ketones (excluding diaryl/α,β-unsaturated/α-hetero) is 2. The summed E-state index contributed by atoms with van der Waals surface area (Å²) in [5.74, 6) is 0.0292. The van der Waals surface area contributed by atoms with Crippen LogP contribution in [0.1, 0.15) is 36.1 Å². The molecule has 1 aromatic heterocycles. The summed E-state index contributed by atoms with van der Waals surface area (Å²) < 4.78 is 5.15. The van der Waals surface area contributed by atoms with Crippen LogP contribution in [0.4, 0.5) is 5.69 Å². The van der Waals surface area contributed by atoms with Gasteiger partial charge in [-0.15, -0.1) is 0 Å². The maximum atomic E-state index is 12.1. The number of nitro benzene ring substituents is 1. The Morgan fingerprint density at radius 1 is 1.11 bits per heavy atom. The summed E-state index contributed by atoms with van der Waals surface area (Å²) in [6.45, 7) is 1.58. The topological polar surface area (TPSA) is 120 Å².